The molecule has 0 saturated carbocycles. The van der Waals surface area contributed by atoms with Gasteiger partial charge in [0.05, 0.1) is 0 Å². The summed E-state index contributed by atoms with van der Waals surface area (Å²) in [5, 5.41) is 0. The fourth-order valence-corrected chi connectivity index (χ4v) is 1.79. The first kappa shape index (κ1) is 13.9. The van der Waals surface area contributed by atoms with Gasteiger partial charge in [0.1, 0.15) is 5.78 Å². The minimum atomic E-state index is -0.259. The molecule has 0 atom stereocenters. The van der Waals surface area contributed by atoms with Gasteiger partial charge in [-0.3, -0.25) is 9.69 Å². The van der Waals surface area contributed by atoms with Gasteiger partial charge in [-0.25, -0.2) is 0 Å². The molecule has 0 fully saturated rings. The average molecular weight is 233 g/mol. The highest BCUT2D eigenvalue weighted by Gasteiger charge is 2.25. The fourth-order valence-electron chi connectivity index (χ4n) is 1.79. The van der Waals surface area contributed by atoms with Crippen LogP contribution in [0.1, 0.15) is 33.3 Å². The largest absolute Gasteiger partial charge is 0.299 e. The Balaban J connectivity index is 2.64. The van der Waals surface area contributed by atoms with Gasteiger partial charge >= 0.3 is 0 Å². The van der Waals surface area contributed by atoms with E-state index in [9.17, 15) is 4.79 Å². The summed E-state index contributed by atoms with van der Waals surface area (Å²) >= 11 is 0. The minimum absolute atomic E-state index is 0.254. The van der Waals surface area contributed by atoms with Crippen LogP contribution in [0.5, 0.6) is 0 Å². The normalized spacial score (nSPS) is 11.8. The SMILES string of the molecule is CCN(Cc1ccccc1)CC(C)(C)C(C)=O. The molecule has 0 aliphatic rings. The summed E-state index contributed by atoms with van der Waals surface area (Å²) in [7, 11) is 0. The van der Waals surface area contributed by atoms with E-state index in [0.717, 1.165) is 19.6 Å². The van der Waals surface area contributed by atoms with Crippen molar-refractivity contribution in [3.8, 4) is 0 Å². The van der Waals surface area contributed by atoms with Gasteiger partial charge in [-0.15, -0.1) is 0 Å². The highest BCUT2D eigenvalue weighted by atomic mass is 16.1. The maximum atomic E-state index is 11.5. The van der Waals surface area contributed by atoms with Crippen LogP contribution in [0.4, 0.5) is 0 Å². The van der Waals surface area contributed by atoms with Gasteiger partial charge in [0.2, 0.25) is 0 Å². The van der Waals surface area contributed by atoms with Crippen molar-refractivity contribution in [1.29, 1.82) is 0 Å². The summed E-state index contributed by atoms with van der Waals surface area (Å²) in [6.45, 7) is 10.5. The summed E-state index contributed by atoms with van der Waals surface area (Å²) in [5.74, 6) is 0.254. The second-order valence-electron chi connectivity index (χ2n) is 5.23. The van der Waals surface area contributed by atoms with Crippen LogP contribution in [0.3, 0.4) is 0 Å². The summed E-state index contributed by atoms with van der Waals surface area (Å²) < 4.78 is 0. The van der Waals surface area contributed by atoms with Crippen LogP contribution in [0.2, 0.25) is 0 Å². The molecule has 17 heavy (non-hydrogen) atoms. The molecule has 0 aromatic heterocycles. The second kappa shape index (κ2) is 5.97. The van der Waals surface area contributed by atoms with Gasteiger partial charge in [0.25, 0.3) is 0 Å². The molecule has 0 aliphatic heterocycles. The lowest BCUT2D eigenvalue weighted by molar-refractivity contribution is -0.125. The molecule has 0 unspecified atom stereocenters. The number of benzene rings is 1. The van der Waals surface area contributed by atoms with E-state index < -0.39 is 0 Å². The average Bonchev–Trinajstić information content (AvgIpc) is 2.29. The lowest BCUT2D eigenvalue weighted by atomic mass is 9.88. The first-order chi connectivity index (χ1) is 7.95. The first-order valence-corrected chi connectivity index (χ1v) is 6.23. The first-order valence-electron chi connectivity index (χ1n) is 6.23. The van der Waals surface area contributed by atoms with E-state index in [4.69, 9.17) is 0 Å². The predicted molar refractivity (Wildman–Crippen MR) is 71.9 cm³/mol. The van der Waals surface area contributed by atoms with E-state index in [0.29, 0.717) is 0 Å². The monoisotopic (exact) mass is 233 g/mol. The third kappa shape index (κ3) is 4.31. The number of hydrogen-bond acceptors (Lipinski definition) is 2. The lowest BCUT2D eigenvalue weighted by Crippen LogP contribution is -2.37. The van der Waals surface area contributed by atoms with Crippen LogP contribution < -0.4 is 0 Å². The number of hydrogen-bond donors (Lipinski definition) is 0. The van der Waals surface area contributed by atoms with E-state index in [1.807, 2.05) is 19.9 Å². The molecule has 1 aromatic rings. The number of Topliss-reactive ketones (excluding diaryl/α,β-unsaturated/α-hetero) is 1. The molecule has 0 amide bonds. The van der Waals surface area contributed by atoms with Crippen LogP contribution in [0, 0.1) is 5.41 Å². The van der Waals surface area contributed by atoms with E-state index in [-0.39, 0.29) is 11.2 Å². The Hall–Kier alpha value is -1.15. The number of carbonyl (C=O) groups is 1. The Morgan fingerprint density at radius 3 is 2.29 bits per heavy atom. The van der Waals surface area contributed by atoms with Crippen molar-refractivity contribution >= 4 is 5.78 Å². The fraction of sp³-hybridized carbons (Fsp3) is 0.533. The molecule has 1 rings (SSSR count). The zero-order valence-corrected chi connectivity index (χ0v) is 11.4. The van der Waals surface area contributed by atoms with Gasteiger partial charge in [-0.05, 0) is 19.0 Å². The third-order valence-electron chi connectivity index (χ3n) is 3.27. The van der Waals surface area contributed by atoms with Crippen molar-refractivity contribution in [2.24, 2.45) is 5.41 Å². The van der Waals surface area contributed by atoms with Crippen molar-refractivity contribution in [3.63, 3.8) is 0 Å². The van der Waals surface area contributed by atoms with Crippen LogP contribution >= 0.6 is 0 Å². The Labute approximate surface area is 105 Å². The molecule has 0 bridgehead atoms. The second-order valence-corrected chi connectivity index (χ2v) is 5.23. The van der Waals surface area contributed by atoms with Gasteiger partial charge in [0.15, 0.2) is 0 Å². The highest BCUT2D eigenvalue weighted by molar-refractivity contribution is 5.81. The quantitative estimate of drug-likeness (QED) is 0.752. The standard InChI is InChI=1S/C15H23NO/c1-5-16(12-15(3,4)13(2)17)11-14-9-7-6-8-10-14/h6-10H,5,11-12H2,1-4H3. The number of rotatable bonds is 6. The Bertz CT molecular complexity index is 356. The van der Waals surface area contributed by atoms with Gasteiger partial charge in [0, 0.05) is 18.5 Å². The molecule has 2 nitrogen and oxygen atoms in total. The summed E-state index contributed by atoms with van der Waals surface area (Å²) in [6.07, 6.45) is 0. The van der Waals surface area contributed by atoms with Gasteiger partial charge in [-0.2, -0.15) is 0 Å². The predicted octanol–water partition coefficient (Wildman–Crippen LogP) is 3.12. The van der Waals surface area contributed by atoms with Gasteiger partial charge in [-0.1, -0.05) is 51.1 Å². The highest BCUT2D eigenvalue weighted by Crippen LogP contribution is 2.19. The van der Waals surface area contributed by atoms with Crippen molar-refractivity contribution in [3.05, 3.63) is 35.9 Å². The summed E-state index contributed by atoms with van der Waals surface area (Å²) in [5.41, 5.74) is 1.04. The van der Waals surface area contributed by atoms with Crippen molar-refractivity contribution < 1.29 is 4.79 Å². The van der Waals surface area contributed by atoms with Crippen LogP contribution in [0.15, 0.2) is 30.3 Å². The van der Waals surface area contributed by atoms with Crippen LogP contribution in [0.25, 0.3) is 0 Å². The molecule has 0 saturated heterocycles. The van der Waals surface area contributed by atoms with Crippen LogP contribution in [-0.4, -0.2) is 23.8 Å². The zero-order valence-electron chi connectivity index (χ0n) is 11.4. The lowest BCUT2D eigenvalue weighted by Gasteiger charge is -2.30. The minimum Gasteiger partial charge on any atom is -0.299 e. The van der Waals surface area contributed by atoms with Gasteiger partial charge < -0.3 is 0 Å². The Morgan fingerprint density at radius 2 is 1.82 bits per heavy atom. The summed E-state index contributed by atoms with van der Waals surface area (Å²) in [6, 6.07) is 10.4. The maximum absolute atomic E-state index is 11.5. The topological polar surface area (TPSA) is 20.3 Å². The molecular formula is C15H23NO. The number of ketones is 1. The van der Waals surface area contributed by atoms with Crippen molar-refractivity contribution in [2.75, 3.05) is 13.1 Å². The Morgan fingerprint density at radius 1 is 1.24 bits per heavy atom. The van der Waals surface area contributed by atoms with E-state index in [1.165, 1.54) is 5.56 Å². The zero-order chi connectivity index (χ0) is 12.9. The molecule has 0 N–H and O–H groups in total. The summed E-state index contributed by atoms with van der Waals surface area (Å²) in [4.78, 5) is 13.9. The molecular weight excluding hydrogens is 210 g/mol. The molecule has 0 spiro atoms. The van der Waals surface area contributed by atoms with Crippen LogP contribution in [-0.2, 0) is 11.3 Å². The molecule has 2 heteroatoms. The van der Waals surface area contributed by atoms with E-state index >= 15 is 0 Å². The smallest absolute Gasteiger partial charge is 0.136 e. The molecule has 0 heterocycles. The molecule has 94 valence electrons. The molecule has 0 aliphatic carbocycles. The number of carbonyl (C=O) groups excluding carboxylic acids is 1. The maximum Gasteiger partial charge on any atom is 0.136 e. The van der Waals surface area contributed by atoms with Crippen molar-refractivity contribution in [1.82, 2.24) is 4.90 Å². The third-order valence-corrected chi connectivity index (χ3v) is 3.27. The van der Waals surface area contributed by atoms with Crippen molar-refractivity contribution in [2.45, 2.75) is 34.2 Å². The molecule has 0 radical (unpaired) electrons. The molecule has 1 aromatic carbocycles. The Kier molecular flexibility index (Phi) is 4.88. The van der Waals surface area contributed by atoms with E-state index in [2.05, 4.69) is 36.1 Å². The van der Waals surface area contributed by atoms with E-state index in [1.54, 1.807) is 6.92 Å². The number of nitrogens with zero attached hydrogens (tertiary/aromatic N) is 1.